The SMILES string of the molecule is CC(C)CCNC(=O)CCc1nc(-c2ccc(N3CCC(C)CC3)cc2)no1. The van der Waals surface area contributed by atoms with Crippen LogP contribution in [0.2, 0.25) is 0 Å². The number of aryl methyl sites for hydroxylation is 1. The van der Waals surface area contributed by atoms with Gasteiger partial charge in [-0.25, -0.2) is 0 Å². The van der Waals surface area contributed by atoms with Crippen LogP contribution >= 0.6 is 0 Å². The van der Waals surface area contributed by atoms with Crippen molar-refractivity contribution in [3.05, 3.63) is 30.2 Å². The van der Waals surface area contributed by atoms with E-state index in [2.05, 4.69) is 53.3 Å². The fourth-order valence-electron chi connectivity index (χ4n) is 3.37. The molecule has 3 rings (SSSR count). The summed E-state index contributed by atoms with van der Waals surface area (Å²) in [7, 11) is 0. The van der Waals surface area contributed by atoms with Gasteiger partial charge in [0, 0.05) is 43.7 Å². The van der Waals surface area contributed by atoms with E-state index in [1.165, 1.54) is 18.5 Å². The predicted molar refractivity (Wildman–Crippen MR) is 111 cm³/mol. The van der Waals surface area contributed by atoms with E-state index in [0.29, 0.717) is 37.0 Å². The Labute approximate surface area is 167 Å². The normalized spacial score (nSPS) is 15.2. The molecule has 2 heterocycles. The summed E-state index contributed by atoms with van der Waals surface area (Å²) in [5, 5.41) is 7.00. The number of benzene rings is 1. The van der Waals surface area contributed by atoms with E-state index in [-0.39, 0.29) is 5.91 Å². The quantitative estimate of drug-likeness (QED) is 0.743. The molecule has 6 nitrogen and oxygen atoms in total. The molecule has 0 aliphatic carbocycles. The van der Waals surface area contributed by atoms with Crippen LogP contribution in [-0.4, -0.2) is 35.7 Å². The van der Waals surface area contributed by atoms with Crippen molar-refractivity contribution in [2.24, 2.45) is 11.8 Å². The largest absolute Gasteiger partial charge is 0.372 e. The molecule has 0 saturated carbocycles. The summed E-state index contributed by atoms with van der Waals surface area (Å²) < 4.78 is 5.32. The number of hydrogen-bond donors (Lipinski definition) is 1. The highest BCUT2D eigenvalue weighted by Crippen LogP contribution is 2.25. The van der Waals surface area contributed by atoms with E-state index in [1.54, 1.807) is 0 Å². The van der Waals surface area contributed by atoms with Crippen LogP contribution in [0.5, 0.6) is 0 Å². The highest BCUT2D eigenvalue weighted by atomic mass is 16.5. The number of nitrogens with one attached hydrogen (secondary N) is 1. The summed E-state index contributed by atoms with van der Waals surface area (Å²) >= 11 is 0. The molecule has 1 aromatic carbocycles. The van der Waals surface area contributed by atoms with Crippen LogP contribution in [-0.2, 0) is 11.2 Å². The zero-order valence-electron chi connectivity index (χ0n) is 17.3. The average molecular weight is 385 g/mol. The molecule has 28 heavy (non-hydrogen) atoms. The first-order chi connectivity index (χ1) is 13.5. The van der Waals surface area contributed by atoms with Gasteiger partial charge in [-0.15, -0.1) is 0 Å². The van der Waals surface area contributed by atoms with Crippen molar-refractivity contribution in [1.82, 2.24) is 15.5 Å². The van der Waals surface area contributed by atoms with Crippen LogP contribution in [0.3, 0.4) is 0 Å². The van der Waals surface area contributed by atoms with Gasteiger partial charge in [0.1, 0.15) is 0 Å². The second-order valence-corrected chi connectivity index (χ2v) is 8.26. The fraction of sp³-hybridized carbons (Fsp3) is 0.591. The maximum absolute atomic E-state index is 11.9. The zero-order chi connectivity index (χ0) is 19.9. The van der Waals surface area contributed by atoms with Crippen molar-refractivity contribution in [2.45, 2.75) is 52.9 Å². The summed E-state index contributed by atoms with van der Waals surface area (Å²) in [5.41, 5.74) is 2.18. The van der Waals surface area contributed by atoms with E-state index in [0.717, 1.165) is 31.0 Å². The van der Waals surface area contributed by atoms with Gasteiger partial charge in [-0.05, 0) is 55.4 Å². The van der Waals surface area contributed by atoms with Crippen LogP contribution < -0.4 is 10.2 Å². The van der Waals surface area contributed by atoms with Crippen molar-refractivity contribution in [2.75, 3.05) is 24.5 Å². The molecular formula is C22H32N4O2. The molecule has 1 saturated heterocycles. The number of rotatable bonds is 8. The summed E-state index contributed by atoms with van der Waals surface area (Å²) in [5.74, 6) is 2.52. The lowest BCUT2D eigenvalue weighted by Gasteiger charge is -2.32. The van der Waals surface area contributed by atoms with Gasteiger partial charge >= 0.3 is 0 Å². The second kappa shape index (κ2) is 9.71. The van der Waals surface area contributed by atoms with Crippen LogP contribution in [0.15, 0.2) is 28.8 Å². The smallest absolute Gasteiger partial charge is 0.227 e. The number of carbonyl (C=O) groups excluding carboxylic acids is 1. The first-order valence-electron chi connectivity index (χ1n) is 10.5. The zero-order valence-corrected chi connectivity index (χ0v) is 17.3. The molecule has 1 amide bonds. The standard InChI is InChI=1S/C22H32N4O2/c1-16(2)10-13-23-20(27)8-9-21-24-22(25-28-21)18-4-6-19(7-5-18)26-14-11-17(3)12-15-26/h4-7,16-17H,8-15H2,1-3H3,(H,23,27). The minimum Gasteiger partial charge on any atom is -0.372 e. The molecule has 0 atom stereocenters. The molecule has 1 fully saturated rings. The van der Waals surface area contributed by atoms with Gasteiger partial charge in [-0.2, -0.15) is 4.98 Å². The molecule has 0 unspecified atom stereocenters. The Morgan fingerprint density at radius 2 is 1.96 bits per heavy atom. The molecule has 2 aromatic rings. The average Bonchev–Trinajstić information content (AvgIpc) is 3.16. The summed E-state index contributed by atoms with van der Waals surface area (Å²) in [6, 6.07) is 8.34. The minimum absolute atomic E-state index is 0.0283. The van der Waals surface area contributed by atoms with Gasteiger partial charge in [0.15, 0.2) is 0 Å². The van der Waals surface area contributed by atoms with Crippen LogP contribution in [0.1, 0.15) is 52.3 Å². The van der Waals surface area contributed by atoms with Gasteiger partial charge in [-0.3, -0.25) is 4.79 Å². The lowest BCUT2D eigenvalue weighted by atomic mass is 9.98. The van der Waals surface area contributed by atoms with E-state index in [1.807, 2.05) is 12.1 Å². The minimum atomic E-state index is 0.0283. The summed E-state index contributed by atoms with van der Waals surface area (Å²) in [6.45, 7) is 9.56. The number of anilines is 1. The van der Waals surface area contributed by atoms with Crippen LogP contribution in [0, 0.1) is 11.8 Å². The maximum atomic E-state index is 11.9. The first-order valence-corrected chi connectivity index (χ1v) is 10.5. The molecule has 1 aliphatic heterocycles. The number of piperidine rings is 1. The molecule has 6 heteroatoms. The molecule has 0 spiro atoms. The predicted octanol–water partition coefficient (Wildman–Crippen LogP) is 4.07. The second-order valence-electron chi connectivity index (χ2n) is 8.26. The Morgan fingerprint density at radius 3 is 2.64 bits per heavy atom. The van der Waals surface area contributed by atoms with Crippen molar-refractivity contribution >= 4 is 11.6 Å². The van der Waals surface area contributed by atoms with Gasteiger partial charge in [0.05, 0.1) is 0 Å². The molecule has 0 radical (unpaired) electrons. The third kappa shape index (κ3) is 5.81. The van der Waals surface area contributed by atoms with Gasteiger partial charge in [0.2, 0.25) is 17.6 Å². The van der Waals surface area contributed by atoms with Crippen molar-refractivity contribution in [1.29, 1.82) is 0 Å². The van der Waals surface area contributed by atoms with Gasteiger partial charge in [-0.1, -0.05) is 25.9 Å². The molecule has 1 aliphatic rings. The monoisotopic (exact) mass is 384 g/mol. The summed E-state index contributed by atoms with van der Waals surface area (Å²) in [4.78, 5) is 18.8. The van der Waals surface area contributed by atoms with Gasteiger partial charge in [0.25, 0.3) is 0 Å². The Morgan fingerprint density at radius 1 is 1.25 bits per heavy atom. The lowest BCUT2D eigenvalue weighted by molar-refractivity contribution is -0.121. The fourth-order valence-corrected chi connectivity index (χ4v) is 3.37. The molecule has 1 N–H and O–H groups in total. The first kappa shape index (κ1) is 20.4. The van der Waals surface area contributed by atoms with E-state index >= 15 is 0 Å². The van der Waals surface area contributed by atoms with E-state index in [4.69, 9.17) is 4.52 Å². The van der Waals surface area contributed by atoms with E-state index < -0.39 is 0 Å². The molecule has 0 bridgehead atoms. The molecular weight excluding hydrogens is 352 g/mol. The number of amides is 1. The topological polar surface area (TPSA) is 71.3 Å². The number of carbonyl (C=O) groups is 1. The van der Waals surface area contributed by atoms with Crippen molar-refractivity contribution in [3.63, 3.8) is 0 Å². The van der Waals surface area contributed by atoms with E-state index in [9.17, 15) is 4.79 Å². The number of aromatic nitrogens is 2. The lowest BCUT2D eigenvalue weighted by Crippen LogP contribution is -2.32. The Bertz CT molecular complexity index is 746. The molecule has 152 valence electrons. The number of hydrogen-bond acceptors (Lipinski definition) is 5. The van der Waals surface area contributed by atoms with Crippen molar-refractivity contribution in [3.8, 4) is 11.4 Å². The third-order valence-electron chi connectivity index (χ3n) is 5.35. The maximum Gasteiger partial charge on any atom is 0.227 e. The Kier molecular flexibility index (Phi) is 7.06. The van der Waals surface area contributed by atoms with Crippen LogP contribution in [0.4, 0.5) is 5.69 Å². The highest BCUT2D eigenvalue weighted by Gasteiger charge is 2.16. The molecule has 1 aromatic heterocycles. The Balaban J connectivity index is 1.50. The van der Waals surface area contributed by atoms with Crippen LogP contribution in [0.25, 0.3) is 11.4 Å². The summed E-state index contributed by atoms with van der Waals surface area (Å²) in [6.07, 6.45) is 4.32. The van der Waals surface area contributed by atoms with Crippen molar-refractivity contribution < 1.29 is 9.32 Å². The third-order valence-corrected chi connectivity index (χ3v) is 5.35. The Hall–Kier alpha value is -2.37. The number of nitrogens with zero attached hydrogens (tertiary/aromatic N) is 3. The van der Waals surface area contributed by atoms with Gasteiger partial charge < -0.3 is 14.7 Å². The highest BCUT2D eigenvalue weighted by molar-refractivity contribution is 5.76.